The lowest BCUT2D eigenvalue weighted by molar-refractivity contribution is 0.246. The van der Waals surface area contributed by atoms with Gasteiger partial charge in [-0.2, -0.15) is 0 Å². The molecule has 0 fully saturated rings. The number of thiophene rings is 1. The lowest BCUT2D eigenvalue weighted by Gasteiger charge is -2.09. The topological polar surface area (TPSA) is 76.1 Å². The van der Waals surface area contributed by atoms with Crippen molar-refractivity contribution in [2.24, 2.45) is 0 Å². The van der Waals surface area contributed by atoms with Crippen LogP contribution in [0.3, 0.4) is 0 Å². The van der Waals surface area contributed by atoms with Crippen LogP contribution in [0.4, 0.5) is 10.5 Å². The van der Waals surface area contributed by atoms with Crippen LogP contribution < -0.4 is 15.4 Å². The second kappa shape index (κ2) is 8.84. The Kier molecular flexibility index (Phi) is 6.27. The summed E-state index contributed by atoms with van der Waals surface area (Å²) in [6.07, 6.45) is 0. The van der Waals surface area contributed by atoms with Gasteiger partial charge < -0.3 is 15.4 Å². The van der Waals surface area contributed by atoms with Crippen molar-refractivity contribution in [3.63, 3.8) is 0 Å². The highest BCUT2D eigenvalue weighted by Gasteiger charge is 2.05. The van der Waals surface area contributed by atoms with E-state index in [1.807, 2.05) is 23.6 Å². The third-order valence-corrected chi connectivity index (χ3v) is 4.86. The zero-order chi connectivity index (χ0) is 18.4. The first kappa shape index (κ1) is 18.4. The number of hydrogen-bond donors (Lipinski definition) is 2. The predicted octanol–water partition coefficient (Wildman–Crippen LogP) is 4.71. The summed E-state index contributed by atoms with van der Waals surface area (Å²) in [5.41, 5.74) is 1.35. The average Bonchev–Trinajstić information content (AvgIpc) is 3.17. The molecular weight excluding hydrogens is 395 g/mol. The molecule has 0 aliphatic heterocycles. The van der Waals surface area contributed by atoms with Crippen LogP contribution in [-0.2, 0) is 0 Å². The molecule has 0 saturated carbocycles. The summed E-state index contributed by atoms with van der Waals surface area (Å²) in [5, 5.41) is 16.2. The minimum Gasteiger partial charge on any atom is -0.475 e. The molecule has 26 heavy (non-hydrogen) atoms. The van der Waals surface area contributed by atoms with Gasteiger partial charge in [-0.1, -0.05) is 29.3 Å². The maximum atomic E-state index is 11.8. The van der Waals surface area contributed by atoms with Crippen LogP contribution in [0, 0.1) is 0 Å². The van der Waals surface area contributed by atoms with Crippen LogP contribution >= 0.6 is 34.5 Å². The first-order valence-corrected chi connectivity index (χ1v) is 9.26. The highest BCUT2D eigenvalue weighted by atomic mass is 35.5. The van der Waals surface area contributed by atoms with E-state index in [4.69, 9.17) is 27.9 Å². The maximum Gasteiger partial charge on any atom is 0.319 e. The number of carbonyl (C=O) groups excluding carboxylic acids is 1. The second-order valence-electron chi connectivity index (χ2n) is 5.09. The number of hydrogen-bond acceptors (Lipinski definition) is 5. The molecule has 6 nitrogen and oxygen atoms in total. The molecule has 134 valence electrons. The van der Waals surface area contributed by atoms with E-state index in [-0.39, 0.29) is 12.6 Å². The van der Waals surface area contributed by atoms with Crippen molar-refractivity contribution in [2.45, 2.75) is 0 Å². The highest BCUT2D eigenvalue weighted by molar-refractivity contribution is 7.13. The Morgan fingerprint density at radius 1 is 1.12 bits per heavy atom. The Hall–Kier alpha value is -2.35. The molecule has 3 aromatic rings. The predicted molar refractivity (Wildman–Crippen MR) is 104 cm³/mol. The van der Waals surface area contributed by atoms with Gasteiger partial charge in [0, 0.05) is 11.8 Å². The summed E-state index contributed by atoms with van der Waals surface area (Å²) in [7, 11) is 0. The summed E-state index contributed by atoms with van der Waals surface area (Å²) >= 11 is 13.3. The van der Waals surface area contributed by atoms with Crippen LogP contribution in [-0.4, -0.2) is 29.4 Å². The van der Waals surface area contributed by atoms with Gasteiger partial charge in [0.25, 0.3) is 0 Å². The molecule has 2 N–H and O–H groups in total. The molecule has 1 aromatic carbocycles. The van der Waals surface area contributed by atoms with Gasteiger partial charge in [0.15, 0.2) is 0 Å². The number of anilines is 1. The van der Waals surface area contributed by atoms with E-state index in [0.29, 0.717) is 28.2 Å². The van der Waals surface area contributed by atoms with Crippen molar-refractivity contribution in [1.29, 1.82) is 0 Å². The van der Waals surface area contributed by atoms with Crippen LogP contribution in [0.1, 0.15) is 0 Å². The first-order valence-electron chi connectivity index (χ1n) is 7.62. The molecule has 2 amide bonds. The van der Waals surface area contributed by atoms with Gasteiger partial charge in [0.2, 0.25) is 5.88 Å². The number of ether oxygens (including phenoxy) is 1. The quantitative estimate of drug-likeness (QED) is 0.578. The van der Waals surface area contributed by atoms with E-state index in [0.717, 1.165) is 10.6 Å². The summed E-state index contributed by atoms with van der Waals surface area (Å²) in [6, 6.07) is 12.0. The van der Waals surface area contributed by atoms with Crippen LogP contribution in [0.5, 0.6) is 5.88 Å². The number of nitrogens with zero attached hydrogens (tertiary/aromatic N) is 2. The summed E-state index contributed by atoms with van der Waals surface area (Å²) in [5.74, 6) is 0.400. The minimum absolute atomic E-state index is 0.266. The van der Waals surface area contributed by atoms with Gasteiger partial charge in [-0.15, -0.1) is 21.5 Å². The molecule has 9 heteroatoms. The number of rotatable bonds is 6. The van der Waals surface area contributed by atoms with Crippen molar-refractivity contribution in [1.82, 2.24) is 15.5 Å². The molecule has 0 unspecified atom stereocenters. The Bertz CT molecular complexity index is 873. The normalized spacial score (nSPS) is 10.4. The number of urea groups is 1. The number of nitrogens with one attached hydrogen (secondary N) is 2. The zero-order valence-electron chi connectivity index (χ0n) is 13.4. The fraction of sp³-hybridized carbons (Fsp3) is 0.118. The van der Waals surface area contributed by atoms with Crippen molar-refractivity contribution in [3.05, 3.63) is 57.9 Å². The van der Waals surface area contributed by atoms with Gasteiger partial charge in [0.1, 0.15) is 12.3 Å². The minimum atomic E-state index is -0.369. The Labute approximate surface area is 164 Å². The molecular formula is C17H14Cl2N4O2S. The smallest absolute Gasteiger partial charge is 0.319 e. The maximum absolute atomic E-state index is 11.8. The molecule has 0 atom stereocenters. The van der Waals surface area contributed by atoms with Crippen molar-refractivity contribution >= 4 is 46.3 Å². The van der Waals surface area contributed by atoms with Gasteiger partial charge in [0.05, 0.1) is 21.5 Å². The second-order valence-corrected chi connectivity index (χ2v) is 6.85. The van der Waals surface area contributed by atoms with E-state index in [1.54, 1.807) is 35.6 Å². The molecule has 2 heterocycles. The molecule has 0 spiro atoms. The molecule has 0 bridgehead atoms. The van der Waals surface area contributed by atoms with E-state index in [2.05, 4.69) is 20.8 Å². The monoisotopic (exact) mass is 408 g/mol. The Morgan fingerprint density at radius 3 is 2.69 bits per heavy atom. The molecule has 0 aliphatic rings. The molecule has 0 radical (unpaired) electrons. The number of amides is 2. The Morgan fingerprint density at radius 2 is 2.00 bits per heavy atom. The lowest BCUT2D eigenvalue weighted by atomic mass is 10.3. The van der Waals surface area contributed by atoms with Crippen molar-refractivity contribution in [2.75, 3.05) is 18.5 Å². The van der Waals surface area contributed by atoms with E-state index in [9.17, 15) is 4.79 Å². The number of halogens is 2. The third kappa shape index (κ3) is 5.08. The fourth-order valence-electron chi connectivity index (χ4n) is 2.02. The Balaban J connectivity index is 1.40. The summed E-state index contributed by atoms with van der Waals surface area (Å²) in [6.45, 7) is 0.573. The summed E-state index contributed by atoms with van der Waals surface area (Å²) < 4.78 is 5.46. The zero-order valence-corrected chi connectivity index (χ0v) is 15.7. The van der Waals surface area contributed by atoms with Gasteiger partial charge >= 0.3 is 6.03 Å². The molecule has 0 aliphatic carbocycles. The highest BCUT2D eigenvalue weighted by Crippen LogP contribution is 2.25. The van der Waals surface area contributed by atoms with Crippen molar-refractivity contribution < 1.29 is 9.53 Å². The lowest BCUT2D eigenvalue weighted by Crippen LogP contribution is -2.32. The van der Waals surface area contributed by atoms with E-state index in [1.165, 1.54) is 0 Å². The van der Waals surface area contributed by atoms with Gasteiger partial charge in [-0.3, -0.25) is 0 Å². The van der Waals surface area contributed by atoms with Crippen molar-refractivity contribution in [3.8, 4) is 16.5 Å². The number of aromatic nitrogens is 2. The largest absolute Gasteiger partial charge is 0.475 e. The fourth-order valence-corrected chi connectivity index (χ4v) is 3.01. The third-order valence-electron chi connectivity index (χ3n) is 3.23. The van der Waals surface area contributed by atoms with Crippen LogP contribution in [0.2, 0.25) is 10.0 Å². The molecule has 2 aromatic heterocycles. The SMILES string of the molecule is O=C(NCCOc1ccc(-c2cccs2)nn1)Nc1ccc(Cl)c(Cl)c1. The van der Waals surface area contributed by atoms with Gasteiger partial charge in [-0.25, -0.2) is 4.79 Å². The summed E-state index contributed by atoms with van der Waals surface area (Å²) in [4.78, 5) is 12.9. The molecule has 3 rings (SSSR count). The van der Waals surface area contributed by atoms with Gasteiger partial charge in [-0.05, 0) is 35.7 Å². The average molecular weight is 409 g/mol. The van der Waals surface area contributed by atoms with E-state index < -0.39 is 0 Å². The van der Waals surface area contributed by atoms with Crippen LogP contribution in [0.15, 0.2) is 47.8 Å². The number of benzene rings is 1. The number of carbonyl (C=O) groups is 1. The molecule has 0 saturated heterocycles. The van der Waals surface area contributed by atoms with E-state index >= 15 is 0 Å². The first-order chi connectivity index (χ1) is 12.6. The standard InChI is InChI=1S/C17H14Cl2N4O2S/c18-12-4-3-11(10-13(12)19)21-17(24)20-7-8-25-16-6-5-14(22-23-16)15-2-1-9-26-15/h1-6,9-10H,7-8H2,(H2,20,21,24). The van der Waals surface area contributed by atoms with Crippen LogP contribution in [0.25, 0.3) is 10.6 Å².